The van der Waals surface area contributed by atoms with Gasteiger partial charge in [-0.15, -0.1) is 0 Å². The third-order valence-corrected chi connectivity index (χ3v) is 5.26. The number of nitrogens with zero attached hydrogens (tertiary/aromatic N) is 3. The van der Waals surface area contributed by atoms with Gasteiger partial charge in [0.1, 0.15) is 17.8 Å². The summed E-state index contributed by atoms with van der Waals surface area (Å²) in [5, 5.41) is 16.0. The number of benzene rings is 1. The van der Waals surface area contributed by atoms with E-state index in [1.54, 1.807) is 13.2 Å². The minimum atomic E-state index is -1.28. The van der Waals surface area contributed by atoms with Crippen LogP contribution in [0.5, 0.6) is 0 Å². The van der Waals surface area contributed by atoms with Crippen LogP contribution in [0.15, 0.2) is 58.5 Å². The number of amides is 1. The number of carboxylic acids is 1. The van der Waals surface area contributed by atoms with Crippen LogP contribution < -0.4 is 16.3 Å². The number of hydrogen-bond acceptors (Lipinski definition) is 5. The van der Waals surface area contributed by atoms with E-state index in [1.165, 1.54) is 23.1 Å². The molecule has 0 atom stereocenters. The maximum atomic E-state index is 13.2. The summed E-state index contributed by atoms with van der Waals surface area (Å²) in [6, 6.07) is 8.71. The van der Waals surface area contributed by atoms with Crippen molar-refractivity contribution in [2.75, 3.05) is 0 Å². The zero-order valence-electron chi connectivity index (χ0n) is 18.0. The van der Waals surface area contributed by atoms with Crippen LogP contribution in [0.4, 0.5) is 0 Å². The van der Waals surface area contributed by atoms with Crippen LogP contribution in [-0.4, -0.2) is 36.3 Å². The maximum absolute atomic E-state index is 13.2. The van der Waals surface area contributed by atoms with Crippen LogP contribution in [-0.2, 0) is 24.9 Å². The molecule has 10 nitrogen and oxygen atoms in total. The number of aliphatic carboxylic acids is 1. The molecule has 3 aromatic heterocycles. The van der Waals surface area contributed by atoms with Crippen LogP contribution in [0.1, 0.15) is 21.5 Å². The van der Waals surface area contributed by atoms with E-state index in [0.717, 1.165) is 15.7 Å². The SMILES string of the molecule is Cc1ccc(CNC(=O)c2cc3c(=O)c(-c4cnn(C)c4)c[nH]c3n(CC(=O)O)c2=O)cc1. The van der Waals surface area contributed by atoms with Crippen molar-refractivity contribution in [3.63, 3.8) is 0 Å². The van der Waals surface area contributed by atoms with Gasteiger partial charge in [-0.1, -0.05) is 29.8 Å². The second-order valence-electron chi connectivity index (χ2n) is 7.71. The van der Waals surface area contributed by atoms with Crippen LogP contribution in [0.2, 0.25) is 0 Å². The third kappa shape index (κ3) is 4.31. The highest BCUT2D eigenvalue weighted by molar-refractivity contribution is 5.97. The Morgan fingerprint density at radius 1 is 1.18 bits per heavy atom. The molecular weight excluding hydrogens is 426 g/mol. The fourth-order valence-electron chi connectivity index (χ4n) is 3.55. The highest BCUT2D eigenvalue weighted by Gasteiger charge is 2.20. The van der Waals surface area contributed by atoms with E-state index in [1.807, 2.05) is 31.2 Å². The zero-order valence-corrected chi connectivity index (χ0v) is 18.0. The van der Waals surface area contributed by atoms with Crippen molar-refractivity contribution in [2.24, 2.45) is 7.05 Å². The van der Waals surface area contributed by atoms with Gasteiger partial charge in [-0.05, 0) is 18.6 Å². The van der Waals surface area contributed by atoms with Crippen LogP contribution >= 0.6 is 0 Å². The number of carbonyl (C=O) groups excluding carboxylic acids is 1. The molecule has 0 saturated carbocycles. The largest absolute Gasteiger partial charge is 0.480 e. The van der Waals surface area contributed by atoms with Crippen molar-refractivity contribution in [1.82, 2.24) is 24.6 Å². The van der Waals surface area contributed by atoms with Gasteiger partial charge in [0, 0.05) is 37.1 Å². The first kappa shape index (κ1) is 21.8. The molecule has 1 aromatic carbocycles. The molecule has 33 heavy (non-hydrogen) atoms. The van der Waals surface area contributed by atoms with Gasteiger partial charge in [-0.2, -0.15) is 5.10 Å². The Bertz CT molecular complexity index is 1490. The highest BCUT2D eigenvalue weighted by atomic mass is 16.4. The van der Waals surface area contributed by atoms with Crippen molar-refractivity contribution in [3.05, 3.63) is 86.2 Å². The van der Waals surface area contributed by atoms with Gasteiger partial charge < -0.3 is 15.4 Å². The summed E-state index contributed by atoms with van der Waals surface area (Å²) in [6.07, 6.45) is 4.56. The lowest BCUT2D eigenvalue weighted by molar-refractivity contribution is -0.137. The molecule has 0 unspecified atom stereocenters. The number of aromatic nitrogens is 4. The second kappa shape index (κ2) is 8.58. The number of aryl methyl sites for hydroxylation is 2. The standard InChI is InChI=1S/C23H21N5O5/c1-13-3-5-14(6-4-13)8-25-22(32)17-7-16-20(31)18(15-9-26-27(2)11-15)10-24-21(16)28(23(17)33)12-19(29)30/h3-7,9-11H,8,12H2,1-2H3,(H,24,31)(H,25,32)(H,29,30). The van der Waals surface area contributed by atoms with Gasteiger partial charge in [0.2, 0.25) is 0 Å². The van der Waals surface area contributed by atoms with Crippen molar-refractivity contribution >= 4 is 22.9 Å². The minimum Gasteiger partial charge on any atom is -0.480 e. The van der Waals surface area contributed by atoms with E-state index in [4.69, 9.17) is 0 Å². The van der Waals surface area contributed by atoms with Gasteiger partial charge in [-0.3, -0.25) is 28.4 Å². The van der Waals surface area contributed by atoms with Crippen molar-refractivity contribution < 1.29 is 14.7 Å². The number of aromatic amines is 1. The molecule has 168 valence electrons. The maximum Gasteiger partial charge on any atom is 0.323 e. The first-order valence-electron chi connectivity index (χ1n) is 10.1. The molecule has 3 heterocycles. The van der Waals surface area contributed by atoms with Gasteiger partial charge in [0.25, 0.3) is 11.5 Å². The first-order valence-corrected chi connectivity index (χ1v) is 10.1. The molecule has 0 aliphatic heterocycles. The molecule has 3 N–H and O–H groups in total. The van der Waals surface area contributed by atoms with E-state index in [9.17, 15) is 24.3 Å². The summed E-state index contributed by atoms with van der Waals surface area (Å²) in [5.41, 5.74) is 1.17. The van der Waals surface area contributed by atoms with Crippen molar-refractivity contribution in [3.8, 4) is 11.1 Å². The summed E-state index contributed by atoms with van der Waals surface area (Å²) in [5.74, 6) is -1.99. The molecule has 0 aliphatic rings. The number of nitrogens with one attached hydrogen (secondary N) is 2. The number of fused-ring (bicyclic) bond motifs is 1. The average Bonchev–Trinajstić information content (AvgIpc) is 3.21. The molecule has 0 spiro atoms. The molecule has 4 rings (SSSR count). The molecule has 0 saturated heterocycles. The third-order valence-electron chi connectivity index (χ3n) is 5.26. The molecule has 1 amide bonds. The fourth-order valence-corrected chi connectivity index (χ4v) is 3.55. The first-order chi connectivity index (χ1) is 15.7. The Morgan fingerprint density at radius 2 is 1.91 bits per heavy atom. The smallest absolute Gasteiger partial charge is 0.323 e. The van der Waals surface area contributed by atoms with Gasteiger partial charge in [-0.25, -0.2) is 0 Å². The van der Waals surface area contributed by atoms with Crippen molar-refractivity contribution in [1.29, 1.82) is 0 Å². The van der Waals surface area contributed by atoms with Gasteiger partial charge in [0.05, 0.1) is 11.6 Å². The summed E-state index contributed by atoms with van der Waals surface area (Å²) in [4.78, 5) is 53.3. The minimum absolute atomic E-state index is 0.0233. The number of carboxylic acid groups (broad SMARTS) is 1. The summed E-state index contributed by atoms with van der Waals surface area (Å²) in [7, 11) is 1.71. The van der Waals surface area contributed by atoms with Crippen LogP contribution in [0.25, 0.3) is 22.2 Å². The Balaban J connectivity index is 1.81. The summed E-state index contributed by atoms with van der Waals surface area (Å²) in [6.45, 7) is 1.40. The summed E-state index contributed by atoms with van der Waals surface area (Å²) >= 11 is 0. The number of H-pyrrole nitrogens is 1. The lowest BCUT2D eigenvalue weighted by Crippen LogP contribution is -2.35. The molecule has 0 radical (unpaired) electrons. The Kier molecular flexibility index (Phi) is 5.65. The Morgan fingerprint density at radius 3 is 2.55 bits per heavy atom. The number of pyridine rings is 2. The predicted octanol–water partition coefficient (Wildman–Crippen LogP) is 1.41. The number of hydrogen-bond donors (Lipinski definition) is 3. The molecule has 4 aromatic rings. The summed E-state index contributed by atoms with van der Waals surface area (Å²) < 4.78 is 2.42. The second-order valence-corrected chi connectivity index (χ2v) is 7.71. The molecule has 0 fully saturated rings. The van der Waals surface area contributed by atoms with E-state index in [2.05, 4.69) is 15.4 Å². The van der Waals surface area contributed by atoms with Crippen LogP contribution in [0, 0.1) is 6.92 Å². The van der Waals surface area contributed by atoms with E-state index >= 15 is 0 Å². The van der Waals surface area contributed by atoms with E-state index in [0.29, 0.717) is 5.56 Å². The van der Waals surface area contributed by atoms with Gasteiger partial charge >= 0.3 is 5.97 Å². The van der Waals surface area contributed by atoms with E-state index < -0.39 is 29.4 Å². The lowest BCUT2D eigenvalue weighted by atomic mass is 10.1. The monoisotopic (exact) mass is 447 g/mol. The Labute approximate surface area is 187 Å². The molecule has 0 aliphatic carbocycles. The quantitative estimate of drug-likeness (QED) is 0.408. The molecular formula is C23H21N5O5. The number of rotatable bonds is 6. The zero-order chi connectivity index (χ0) is 23.7. The Hall–Kier alpha value is -4.47. The van der Waals surface area contributed by atoms with Crippen molar-refractivity contribution in [2.45, 2.75) is 20.0 Å². The predicted molar refractivity (Wildman–Crippen MR) is 121 cm³/mol. The average molecular weight is 447 g/mol. The molecule has 0 bridgehead atoms. The van der Waals surface area contributed by atoms with E-state index in [-0.39, 0.29) is 28.7 Å². The number of carbonyl (C=O) groups is 2. The fraction of sp³-hybridized carbons (Fsp3) is 0.174. The molecule has 10 heteroatoms. The van der Waals surface area contributed by atoms with Crippen LogP contribution in [0.3, 0.4) is 0 Å². The lowest BCUT2D eigenvalue weighted by Gasteiger charge is -2.12. The van der Waals surface area contributed by atoms with Gasteiger partial charge in [0.15, 0.2) is 5.43 Å². The normalized spacial score (nSPS) is 11.0. The highest BCUT2D eigenvalue weighted by Crippen LogP contribution is 2.17. The topological polar surface area (TPSA) is 139 Å².